The average Bonchev–Trinajstić information content (AvgIpc) is 3.50. The minimum atomic E-state index is -0.279. The average molecular weight is 436 g/mol. The second-order valence-electron chi connectivity index (χ2n) is 7.54. The third-order valence-electron chi connectivity index (χ3n) is 5.43. The van der Waals surface area contributed by atoms with Gasteiger partial charge in [-0.05, 0) is 18.4 Å². The Morgan fingerprint density at radius 3 is 2.77 bits per heavy atom. The van der Waals surface area contributed by atoms with E-state index in [0.29, 0.717) is 35.0 Å². The second kappa shape index (κ2) is 7.69. The first-order valence-electron chi connectivity index (χ1n) is 10.0. The number of hydrogen-bond donors (Lipinski definition) is 0. The van der Waals surface area contributed by atoms with E-state index in [2.05, 4.69) is 20.2 Å². The number of benzene rings is 1. The van der Waals surface area contributed by atoms with Crippen LogP contribution in [0.1, 0.15) is 35.3 Å². The van der Waals surface area contributed by atoms with Gasteiger partial charge in [0.15, 0.2) is 10.3 Å². The number of fused-ring (bicyclic) bond motifs is 1. The van der Waals surface area contributed by atoms with Crippen molar-refractivity contribution in [3.8, 4) is 11.7 Å². The molecule has 1 amide bonds. The van der Waals surface area contributed by atoms with Crippen molar-refractivity contribution >= 4 is 27.6 Å². The summed E-state index contributed by atoms with van der Waals surface area (Å²) in [6, 6.07) is 9.56. The van der Waals surface area contributed by atoms with Gasteiger partial charge in [0.05, 0.1) is 12.5 Å². The molecule has 158 valence electrons. The number of carbonyl (C=O) groups is 1. The van der Waals surface area contributed by atoms with Gasteiger partial charge in [-0.25, -0.2) is 9.97 Å². The second-order valence-corrected chi connectivity index (χ2v) is 8.55. The first-order valence-corrected chi connectivity index (χ1v) is 10.8. The highest BCUT2D eigenvalue weighted by molar-refractivity contribution is 7.18. The topological polar surface area (TPSA) is 107 Å². The number of hydrogen-bond acceptors (Lipinski definition) is 8. The summed E-state index contributed by atoms with van der Waals surface area (Å²) in [5.41, 5.74) is 1.00. The van der Waals surface area contributed by atoms with Gasteiger partial charge in [0.25, 0.3) is 11.4 Å². The molecule has 0 radical (unpaired) electrons. The van der Waals surface area contributed by atoms with Crippen LogP contribution in [0.15, 0.2) is 39.5 Å². The normalized spacial score (nSPS) is 16.3. The van der Waals surface area contributed by atoms with Gasteiger partial charge in [-0.1, -0.05) is 41.7 Å². The van der Waals surface area contributed by atoms with Crippen LogP contribution >= 0.6 is 11.3 Å². The summed E-state index contributed by atoms with van der Waals surface area (Å²) in [5, 5.41) is 8.53. The first kappa shape index (κ1) is 19.6. The molecular formula is C21H20N6O3S. The molecule has 31 heavy (non-hydrogen) atoms. The first-order chi connectivity index (χ1) is 15.0. The van der Waals surface area contributed by atoms with Crippen LogP contribution in [-0.4, -0.2) is 42.1 Å². The fraction of sp³-hybridized carbons (Fsp3) is 0.333. The predicted molar refractivity (Wildman–Crippen MR) is 115 cm³/mol. The molecular weight excluding hydrogens is 416 g/mol. The quantitative estimate of drug-likeness (QED) is 0.484. The molecule has 1 aliphatic rings. The largest absolute Gasteiger partial charge is 0.419 e. The van der Waals surface area contributed by atoms with E-state index in [1.54, 1.807) is 14.0 Å². The van der Waals surface area contributed by atoms with Crippen LogP contribution in [0.2, 0.25) is 0 Å². The fourth-order valence-corrected chi connectivity index (χ4v) is 4.96. The monoisotopic (exact) mass is 436 g/mol. The summed E-state index contributed by atoms with van der Waals surface area (Å²) in [6.45, 7) is 2.36. The van der Waals surface area contributed by atoms with Gasteiger partial charge < -0.3 is 9.32 Å². The van der Waals surface area contributed by atoms with Gasteiger partial charge in [-0.2, -0.15) is 0 Å². The van der Waals surface area contributed by atoms with Crippen LogP contribution in [0.5, 0.6) is 0 Å². The minimum Gasteiger partial charge on any atom is -0.419 e. The van der Waals surface area contributed by atoms with Crippen molar-refractivity contribution in [1.29, 1.82) is 0 Å². The van der Waals surface area contributed by atoms with Crippen LogP contribution in [0.4, 0.5) is 0 Å². The van der Waals surface area contributed by atoms with Crippen LogP contribution in [0.25, 0.3) is 22.1 Å². The lowest BCUT2D eigenvalue weighted by atomic mass is 10.1. The third kappa shape index (κ3) is 3.52. The van der Waals surface area contributed by atoms with Gasteiger partial charge in [0.1, 0.15) is 5.01 Å². The zero-order valence-corrected chi connectivity index (χ0v) is 17.9. The molecule has 1 saturated heterocycles. The van der Waals surface area contributed by atoms with Gasteiger partial charge in [-0.3, -0.25) is 14.2 Å². The van der Waals surface area contributed by atoms with E-state index in [0.717, 1.165) is 23.4 Å². The molecule has 0 aliphatic carbocycles. The van der Waals surface area contributed by atoms with Crippen molar-refractivity contribution in [2.45, 2.75) is 32.2 Å². The summed E-state index contributed by atoms with van der Waals surface area (Å²) in [5.74, 6) is 0.954. The number of nitrogens with zero attached hydrogens (tertiary/aromatic N) is 6. The maximum atomic E-state index is 13.0. The van der Waals surface area contributed by atoms with E-state index in [-0.39, 0.29) is 23.4 Å². The summed E-state index contributed by atoms with van der Waals surface area (Å²) < 4.78 is 6.82. The molecule has 0 saturated carbocycles. The minimum absolute atomic E-state index is 0.0656. The number of amides is 1. The number of carbonyl (C=O) groups excluding carboxylic acids is 1. The Kier molecular flexibility index (Phi) is 4.85. The molecule has 1 unspecified atom stereocenters. The van der Waals surface area contributed by atoms with Gasteiger partial charge in [0, 0.05) is 20.5 Å². The van der Waals surface area contributed by atoms with Gasteiger partial charge in [-0.15, -0.1) is 10.2 Å². The molecule has 4 heterocycles. The van der Waals surface area contributed by atoms with Crippen molar-refractivity contribution < 1.29 is 9.21 Å². The smallest absolute Gasteiger partial charge is 0.284 e. The Morgan fingerprint density at radius 2 is 2.03 bits per heavy atom. The van der Waals surface area contributed by atoms with Crippen molar-refractivity contribution in [2.75, 3.05) is 6.54 Å². The van der Waals surface area contributed by atoms with Gasteiger partial charge >= 0.3 is 0 Å². The van der Waals surface area contributed by atoms with Crippen LogP contribution < -0.4 is 5.56 Å². The molecule has 0 spiro atoms. The van der Waals surface area contributed by atoms with E-state index < -0.39 is 0 Å². The summed E-state index contributed by atoms with van der Waals surface area (Å²) in [6.07, 6.45) is 2.07. The lowest BCUT2D eigenvalue weighted by molar-refractivity contribution is -0.131. The van der Waals surface area contributed by atoms with E-state index in [9.17, 15) is 9.59 Å². The molecule has 0 bridgehead atoms. The highest BCUT2D eigenvalue weighted by Gasteiger charge is 2.33. The predicted octanol–water partition coefficient (Wildman–Crippen LogP) is 2.65. The molecule has 1 fully saturated rings. The number of rotatable bonds is 4. The fourth-order valence-electron chi connectivity index (χ4n) is 3.88. The highest BCUT2D eigenvalue weighted by atomic mass is 32.1. The number of thiazole rings is 1. The van der Waals surface area contributed by atoms with Crippen molar-refractivity contribution in [1.82, 2.24) is 29.6 Å². The molecule has 9 nitrogen and oxygen atoms in total. The summed E-state index contributed by atoms with van der Waals surface area (Å²) in [4.78, 5) is 37.4. The number of aromatic nitrogens is 5. The molecule has 1 aliphatic heterocycles. The Labute approximate surface area is 181 Å². The molecule has 1 atom stereocenters. The Balaban J connectivity index is 1.49. The van der Waals surface area contributed by atoms with Crippen molar-refractivity contribution in [3.63, 3.8) is 0 Å². The van der Waals surface area contributed by atoms with E-state index in [1.807, 2.05) is 35.2 Å². The molecule has 5 rings (SSSR count). The van der Waals surface area contributed by atoms with E-state index >= 15 is 0 Å². The number of likely N-dealkylation sites (tertiary alicyclic amines) is 1. The standard InChI is InChI=1S/C21H20N6O3S/c1-12-24-25-18(30-12)17-23-20-16(21(29)26(17)2)22-19(31-20)14-9-6-10-27(14)15(28)11-13-7-4-3-5-8-13/h3-5,7-8,14H,6,9-11H2,1-2H3. The Bertz CT molecular complexity index is 1330. The van der Waals surface area contributed by atoms with E-state index in [4.69, 9.17) is 4.42 Å². The van der Waals surface area contributed by atoms with Crippen molar-refractivity contribution in [2.24, 2.45) is 7.05 Å². The maximum absolute atomic E-state index is 13.0. The highest BCUT2D eigenvalue weighted by Crippen LogP contribution is 2.36. The third-order valence-corrected chi connectivity index (χ3v) is 6.48. The maximum Gasteiger partial charge on any atom is 0.284 e. The molecule has 4 aromatic rings. The van der Waals surface area contributed by atoms with Crippen molar-refractivity contribution in [3.05, 3.63) is 57.1 Å². The lowest BCUT2D eigenvalue weighted by Gasteiger charge is -2.23. The molecule has 1 aromatic carbocycles. The van der Waals surface area contributed by atoms with Crippen LogP contribution in [0, 0.1) is 6.92 Å². The Morgan fingerprint density at radius 1 is 1.23 bits per heavy atom. The number of aryl methyl sites for hydroxylation is 1. The Hall–Kier alpha value is -3.40. The van der Waals surface area contributed by atoms with Crippen LogP contribution in [-0.2, 0) is 18.3 Å². The summed E-state index contributed by atoms with van der Waals surface area (Å²) in [7, 11) is 1.61. The summed E-state index contributed by atoms with van der Waals surface area (Å²) >= 11 is 1.34. The zero-order valence-electron chi connectivity index (χ0n) is 17.1. The molecule has 3 aromatic heterocycles. The SMILES string of the molecule is Cc1nnc(-c2nc3sc(C4CCCN4C(=O)Cc4ccccc4)nc3c(=O)n2C)o1. The molecule has 0 N–H and O–H groups in total. The van der Waals surface area contributed by atoms with Crippen LogP contribution in [0.3, 0.4) is 0 Å². The van der Waals surface area contributed by atoms with Gasteiger partial charge in [0.2, 0.25) is 17.6 Å². The lowest BCUT2D eigenvalue weighted by Crippen LogP contribution is -2.31. The van der Waals surface area contributed by atoms with E-state index in [1.165, 1.54) is 15.9 Å². The molecule has 10 heteroatoms. The zero-order chi connectivity index (χ0) is 21.5.